The quantitative estimate of drug-likeness (QED) is 0.0432. The highest BCUT2D eigenvalue weighted by Crippen LogP contribution is 2.23. The molecule has 1 fully saturated rings. The van der Waals surface area contributed by atoms with Crippen LogP contribution in [-0.4, -0.2) is 98.7 Å². The lowest BCUT2D eigenvalue weighted by Gasteiger charge is -2.40. The number of hydrogen-bond donors (Lipinski definition) is 7. The van der Waals surface area contributed by atoms with E-state index in [1.54, 1.807) is 0 Å². The van der Waals surface area contributed by atoms with Gasteiger partial charge in [0.2, 0.25) is 5.91 Å². The Balaban J connectivity index is 2.12. The monoisotopic (exact) mass is 690 g/mol. The molecule has 1 aliphatic heterocycles. The molecule has 8 atom stereocenters. The Hall–Kier alpha value is -0.850. The maximum Gasteiger partial charge on any atom is 0.220 e. The normalized spacial score (nSPS) is 23.2. The van der Waals surface area contributed by atoms with E-state index in [0.717, 1.165) is 25.7 Å². The molecule has 0 radical (unpaired) electrons. The standard InChI is InChI=1S/C38H75NO9/c1-3-5-6-7-8-9-10-11-12-13-14-15-16-17-18-19-20-21-22-23-24-25-27-33(42)39-30(34(43)31(41)26-4-2)29-47-38-37(46)36(45)35(44)32(28-40)48-38/h30-32,34-38,40-41,43-46H,3-29H2,1-2H3,(H,39,42)/t30-,31+,32+,34-,35-,36-,37+,38-/m0/s1. The molecule has 0 saturated carbocycles. The van der Waals surface area contributed by atoms with Crippen molar-refractivity contribution in [3.05, 3.63) is 0 Å². The third kappa shape index (κ3) is 20.7. The van der Waals surface area contributed by atoms with E-state index in [9.17, 15) is 35.4 Å². The topological polar surface area (TPSA) is 169 Å². The molecule has 0 unspecified atom stereocenters. The van der Waals surface area contributed by atoms with E-state index in [0.29, 0.717) is 12.8 Å². The van der Waals surface area contributed by atoms with Gasteiger partial charge in [0.25, 0.3) is 0 Å². The second-order valence-corrected chi connectivity index (χ2v) is 14.2. The summed E-state index contributed by atoms with van der Waals surface area (Å²) in [5.41, 5.74) is 0. The molecule has 7 N–H and O–H groups in total. The molecule has 0 spiro atoms. The highest BCUT2D eigenvalue weighted by molar-refractivity contribution is 5.76. The largest absolute Gasteiger partial charge is 0.394 e. The maximum absolute atomic E-state index is 12.7. The number of aliphatic hydroxyl groups is 6. The number of nitrogens with one attached hydrogen (secondary N) is 1. The van der Waals surface area contributed by atoms with Crippen molar-refractivity contribution < 1.29 is 44.9 Å². The van der Waals surface area contributed by atoms with Crippen LogP contribution in [-0.2, 0) is 14.3 Å². The Bertz CT molecular complexity index is 743. The fraction of sp³-hybridized carbons (Fsp3) is 0.974. The molecule has 0 aromatic rings. The van der Waals surface area contributed by atoms with Crippen molar-refractivity contribution in [2.75, 3.05) is 13.2 Å². The van der Waals surface area contributed by atoms with Crippen LogP contribution < -0.4 is 5.32 Å². The van der Waals surface area contributed by atoms with E-state index in [2.05, 4.69) is 12.2 Å². The average Bonchev–Trinajstić information content (AvgIpc) is 3.08. The molecule has 48 heavy (non-hydrogen) atoms. The van der Waals surface area contributed by atoms with Crippen LogP contribution >= 0.6 is 0 Å². The average molecular weight is 690 g/mol. The predicted octanol–water partition coefficient (Wildman–Crippen LogP) is 5.80. The van der Waals surface area contributed by atoms with Gasteiger partial charge in [-0.3, -0.25) is 4.79 Å². The van der Waals surface area contributed by atoms with Crippen molar-refractivity contribution in [1.29, 1.82) is 0 Å². The molecular formula is C38H75NO9. The van der Waals surface area contributed by atoms with Gasteiger partial charge in [0, 0.05) is 6.42 Å². The van der Waals surface area contributed by atoms with Gasteiger partial charge in [-0.1, -0.05) is 155 Å². The van der Waals surface area contributed by atoms with Crippen molar-refractivity contribution in [1.82, 2.24) is 5.32 Å². The molecular weight excluding hydrogens is 614 g/mol. The van der Waals surface area contributed by atoms with Crippen LogP contribution in [0.1, 0.15) is 174 Å². The Kier molecular flexibility index (Phi) is 28.1. The summed E-state index contributed by atoms with van der Waals surface area (Å²) < 4.78 is 10.9. The first-order valence-corrected chi connectivity index (χ1v) is 19.8. The maximum atomic E-state index is 12.7. The molecule has 1 heterocycles. The molecule has 0 bridgehead atoms. The lowest BCUT2D eigenvalue weighted by atomic mass is 9.99. The van der Waals surface area contributed by atoms with Gasteiger partial charge < -0.3 is 45.4 Å². The first-order chi connectivity index (χ1) is 23.3. The molecule has 1 amide bonds. The Morgan fingerprint density at radius 1 is 0.646 bits per heavy atom. The lowest BCUT2D eigenvalue weighted by Crippen LogP contribution is -2.60. The van der Waals surface area contributed by atoms with Crippen LogP contribution in [0.4, 0.5) is 0 Å². The second-order valence-electron chi connectivity index (χ2n) is 14.2. The summed E-state index contributed by atoms with van der Waals surface area (Å²) in [4.78, 5) is 12.7. The number of rotatable bonds is 32. The molecule has 10 nitrogen and oxygen atoms in total. The summed E-state index contributed by atoms with van der Waals surface area (Å²) in [6.07, 6.45) is 20.2. The molecule has 0 aromatic heterocycles. The lowest BCUT2D eigenvalue weighted by molar-refractivity contribution is -0.303. The third-order valence-electron chi connectivity index (χ3n) is 9.78. The number of aliphatic hydroxyl groups excluding tert-OH is 6. The van der Waals surface area contributed by atoms with Gasteiger partial charge >= 0.3 is 0 Å². The molecule has 0 aliphatic carbocycles. The van der Waals surface area contributed by atoms with Crippen LogP contribution in [0.3, 0.4) is 0 Å². The van der Waals surface area contributed by atoms with E-state index in [4.69, 9.17) is 9.47 Å². The smallest absolute Gasteiger partial charge is 0.220 e. The second kappa shape index (κ2) is 29.8. The van der Waals surface area contributed by atoms with Gasteiger partial charge in [-0.05, 0) is 12.8 Å². The van der Waals surface area contributed by atoms with Gasteiger partial charge in [-0.15, -0.1) is 0 Å². The zero-order chi connectivity index (χ0) is 35.4. The SMILES string of the molecule is CCCCCCCCCCCCCCCCCCCCCCCCC(=O)N[C@@H](CO[C@H]1O[C@H](CO)[C@H](O)[C@H](O)[C@H]1O)[C@H](O)[C@H](O)CCC. The Morgan fingerprint density at radius 2 is 1.08 bits per heavy atom. The summed E-state index contributed by atoms with van der Waals surface area (Å²) in [6, 6.07) is -0.980. The zero-order valence-corrected chi connectivity index (χ0v) is 30.6. The summed E-state index contributed by atoms with van der Waals surface area (Å²) in [7, 11) is 0. The number of amides is 1. The number of carbonyl (C=O) groups excluding carboxylic acids is 1. The Labute approximate surface area is 292 Å². The molecule has 286 valence electrons. The van der Waals surface area contributed by atoms with E-state index in [-0.39, 0.29) is 18.9 Å². The Morgan fingerprint density at radius 3 is 1.50 bits per heavy atom. The van der Waals surface area contributed by atoms with Crippen LogP contribution in [0, 0.1) is 0 Å². The first-order valence-electron chi connectivity index (χ1n) is 19.8. The van der Waals surface area contributed by atoms with E-state index in [1.165, 1.54) is 116 Å². The van der Waals surface area contributed by atoms with Gasteiger partial charge in [0.15, 0.2) is 6.29 Å². The summed E-state index contributed by atoms with van der Waals surface area (Å²) in [5.74, 6) is -0.270. The zero-order valence-electron chi connectivity index (χ0n) is 30.6. The van der Waals surface area contributed by atoms with Crippen molar-refractivity contribution in [3.8, 4) is 0 Å². The number of unbranched alkanes of at least 4 members (excludes halogenated alkanes) is 21. The molecule has 1 rings (SSSR count). The van der Waals surface area contributed by atoms with E-state index >= 15 is 0 Å². The number of hydrogen-bond acceptors (Lipinski definition) is 9. The summed E-state index contributed by atoms with van der Waals surface area (Å²) in [5, 5.41) is 63.5. The third-order valence-corrected chi connectivity index (χ3v) is 9.78. The van der Waals surface area contributed by atoms with Crippen LogP contribution in [0.15, 0.2) is 0 Å². The highest BCUT2D eigenvalue weighted by atomic mass is 16.7. The first kappa shape index (κ1) is 45.2. The van der Waals surface area contributed by atoms with Crippen molar-refractivity contribution in [2.24, 2.45) is 0 Å². The fourth-order valence-electron chi connectivity index (χ4n) is 6.54. The molecule has 10 heteroatoms. The molecule has 1 aliphatic rings. The van der Waals surface area contributed by atoms with E-state index in [1.807, 2.05) is 6.92 Å². The van der Waals surface area contributed by atoms with Crippen molar-refractivity contribution >= 4 is 5.91 Å². The fourth-order valence-corrected chi connectivity index (χ4v) is 6.54. The van der Waals surface area contributed by atoms with Gasteiger partial charge in [0.1, 0.15) is 30.5 Å². The minimum Gasteiger partial charge on any atom is -0.394 e. The number of ether oxygens (including phenoxy) is 2. The highest BCUT2D eigenvalue weighted by Gasteiger charge is 2.44. The van der Waals surface area contributed by atoms with Crippen LogP contribution in [0.5, 0.6) is 0 Å². The van der Waals surface area contributed by atoms with Gasteiger partial charge in [-0.25, -0.2) is 0 Å². The molecule has 1 saturated heterocycles. The van der Waals surface area contributed by atoms with Crippen molar-refractivity contribution in [3.63, 3.8) is 0 Å². The van der Waals surface area contributed by atoms with Crippen LogP contribution in [0.25, 0.3) is 0 Å². The van der Waals surface area contributed by atoms with Gasteiger partial charge in [-0.2, -0.15) is 0 Å². The summed E-state index contributed by atoms with van der Waals surface area (Å²) >= 11 is 0. The van der Waals surface area contributed by atoms with Gasteiger partial charge in [0.05, 0.1) is 25.4 Å². The number of carbonyl (C=O) groups is 1. The predicted molar refractivity (Wildman–Crippen MR) is 190 cm³/mol. The minimum absolute atomic E-state index is 0.270. The van der Waals surface area contributed by atoms with Crippen LogP contribution in [0.2, 0.25) is 0 Å². The van der Waals surface area contributed by atoms with Crippen molar-refractivity contribution in [2.45, 2.75) is 223 Å². The van der Waals surface area contributed by atoms with E-state index < -0.39 is 55.6 Å². The molecule has 0 aromatic carbocycles. The summed E-state index contributed by atoms with van der Waals surface area (Å²) in [6.45, 7) is 3.24. The minimum atomic E-state index is -1.60.